The first-order valence-electron chi connectivity index (χ1n) is 5.36. The lowest BCUT2D eigenvalue weighted by Gasteiger charge is -2.16. The number of aliphatic hydroxyl groups excluding tert-OH is 1. The van der Waals surface area contributed by atoms with Crippen LogP contribution in [0.5, 0.6) is 0 Å². The van der Waals surface area contributed by atoms with Crippen LogP contribution in [-0.4, -0.2) is 11.2 Å². The largest absolute Gasteiger partial charge is 0.393 e. The first kappa shape index (κ1) is 10.0. The summed E-state index contributed by atoms with van der Waals surface area (Å²) in [4.78, 5) is 0. The van der Waals surface area contributed by atoms with E-state index >= 15 is 0 Å². The lowest BCUT2D eigenvalue weighted by atomic mass is 9.95. The summed E-state index contributed by atoms with van der Waals surface area (Å²) in [5.41, 5.74) is 0. The summed E-state index contributed by atoms with van der Waals surface area (Å²) in [7, 11) is 0. The standard InChI is InChI=1S/C11H22O/c1-9(2)7-11(12)8-10-5-3-4-6-10/h9-12H,3-8H2,1-2H3/t11-/m1/s1. The fraction of sp³-hybridized carbons (Fsp3) is 1.00. The minimum Gasteiger partial charge on any atom is -0.393 e. The highest BCUT2D eigenvalue weighted by Crippen LogP contribution is 2.29. The zero-order chi connectivity index (χ0) is 8.97. The van der Waals surface area contributed by atoms with E-state index in [0.29, 0.717) is 5.92 Å². The van der Waals surface area contributed by atoms with Crippen molar-refractivity contribution in [3.63, 3.8) is 0 Å². The van der Waals surface area contributed by atoms with Crippen molar-refractivity contribution in [1.82, 2.24) is 0 Å². The van der Waals surface area contributed by atoms with Gasteiger partial charge in [0.25, 0.3) is 0 Å². The molecular weight excluding hydrogens is 148 g/mol. The number of rotatable bonds is 4. The Balaban J connectivity index is 2.11. The molecule has 1 rings (SSSR count). The number of aliphatic hydroxyl groups is 1. The van der Waals surface area contributed by atoms with Gasteiger partial charge in [-0.1, -0.05) is 39.5 Å². The SMILES string of the molecule is CC(C)C[C@@H](O)CC1CCCC1. The monoisotopic (exact) mass is 170 g/mol. The fourth-order valence-electron chi connectivity index (χ4n) is 2.27. The maximum absolute atomic E-state index is 9.68. The summed E-state index contributed by atoms with van der Waals surface area (Å²) in [6.07, 6.45) is 7.49. The molecule has 0 aromatic rings. The van der Waals surface area contributed by atoms with Gasteiger partial charge in [0.15, 0.2) is 0 Å². The molecule has 1 nitrogen and oxygen atoms in total. The molecule has 0 spiro atoms. The first-order valence-corrected chi connectivity index (χ1v) is 5.36. The average Bonchev–Trinajstić information content (AvgIpc) is 2.37. The molecular formula is C11H22O. The molecule has 1 saturated carbocycles. The van der Waals surface area contributed by atoms with E-state index in [-0.39, 0.29) is 6.10 Å². The van der Waals surface area contributed by atoms with Crippen molar-refractivity contribution in [3.05, 3.63) is 0 Å². The molecule has 0 aromatic heterocycles. The van der Waals surface area contributed by atoms with Crippen LogP contribution in [0.3, 0.4) is 0 Å². The Morgan fingerprint density at radius 2 is 1.83 bits per heavy atom. The van der Waals surface area contributed by atoms with Crippen LogP contribution < -0.4 is 0 Å². The molecule has 1 fully saturated rings. The minimum absolute atomic E-state index is 0.0342. The molecule has 0 amide bonds. The van der Waals surface area contributed by atoms with Crippen molar-refractivity contribution >= 4 is 0 Å². The molecule has 12 heavy (non-hydrogen) atoms. The van der Waals surface area contributed by atoms with Gasteiger partial charge in [-0.15, -0.1) is 0 Å². The molecule has 1 aliphatic carbocycles. The summed E-state index contributed by atoms with van der Waals surface area (Å²) < 4.78 is 0. The summed E-state index contributed by atoms with van der Waals surface area (Å²) in [6.45, 7) is 4.36. The van der Waals surface area contributed by atoms with E-state index < -0.39 is 0 Å². The zero-order valence-electron chi connectivity index (χ0n) is 8.42. The maximum atomic E-state index is 9.68. The quantitative estimate of drug-likeness (QED) is 0.687. The topological polar surface area (TPSA) is 20.2 Å². The Morgan fingerprint density at radius 1 is 1.25 bits per heavy atom. The summed E-state index contributed by atoms with van der Waals surface area (Å²) in [5, 5.41) is 9.68. The van der Waals surface area contributed by atoms with Crippen LogP contribution in [0.25, 0.3) is 0 Å². The molecule has 1 N–H and O–H groups in total. The van der Waals surface area contributed by atoms with E-state index in [1.807, 2.05) is 0 Å². The number of hydrogen-bond acceptors (Lipinski definition) is 1. The number of hydrogen-bond donors (Lipinski definition) is 1. The highest BCUT2D eigenvalue weighted by Gasteiger charge is 2.18. The zero-order valence-corrected chi connectivity index (χ0v) is 8.42. The van der Waals surface area contributed by atoms with Crippen molar-refractivity contribution in [2.45, 2.75) is 58.5 Å². The summed E-state index contributed by atoms with van der Waals surface area (Å²) >= 11 is 0. The van der Waals surface area contributed by atoms with E-state index in [0.717, 1.165) is 18.8 Å². The third kappa shape index (κ3) is 3.57. The van der Waals surface area contributed by atoms with E-state index in [9.17, 15) is 5.11 Å². The molecule has 0 aliphatic heterocycles. The van der Waals surface area contributed by atoms with E-state index in [1.165, 1.54) is 25.7 Å². The van der Waals surface area contributed by atoms with Gasteiger partial charge in [-0.05, 0) is 24.7 Å². The highest BCUT2D eigenvalue weighted by atomic mass is 16.3. The Bertz CT molecular complexity index is 114. The van der Waals surface area contributed by atoms with Gasteiger partial charge in [0, 0.05) is 0 Å². The van der Waals surface area contributed by atoms with Gasteiger partial charge in [0.2, 0.25) is 0 Å². The van der Waals surface area contributed by atoms with E-state index in [4.69, 9.17) is 0 Å². The fourth-order valence-corrected chi connectivity index (χ4v) is 2.27. The van der Waals surface area contributed by atoms with Crippen molar-refractivity contribution in [3.8, 4) is 0 Å². The highest BCUT2D eigenvalue weighted by molar-refractivity contribution is 4.71. The van der Waals surface area contributed by atoms with Crippen LogP contribution >= 0.6 is 0 Å². The van der Waals surface area contributed by atoms with Crippen LogP contribution in [0.2, 0.25) is 0 Å². The van der Waals surface area contributed by atoms with Crippen molar-refractivity contribution in [2.75, 3.05) is 0 Å². The third-order valence-electron chi connectivity index (χ3n) is 2.82. The van der Waals surface area contributed by atoms with Gasteiger partial charge in [0.05, 0.1) is 6.10 Å². The molecule has 0 aromatic carbocycles. The van der Waals surface area contributed by atoms with Gasteiger partial charge < -0.3 is 5.11 Å². The Kier molecular flexibility index (Phi) is 4.07. The van der Waals surface area contributed by atoms with Crippen LogP contribution in [0.4, 0.5) is 0 Å². The van der Waals surface area contributed by atoms with E-state index in [1.54, 1.807) is 0 Å². The molecule has 0 heterocycles. The molecule has 0 saturated heterocycles. The predicted octanol–water partition coefficient (Wildman–Crippen LogP) is 2.97. The van der Waals surface area contributed by atoms with Crippen molar-refractivity contribution in [2.24, 2.45) is 11.8 Å². The second kappa shape index (κ2) is 4.86. The third-order valence-corrected chi connectivity index (χ3v) is 2.82. The van der Waals surface area contributed by atoms with Crippen LogP contribution in [0.15, 0.2) is 0 Å². The van der Waals surface area contributed by atoms with Gasteiger partial charge in [-0.25, -0.2) is 0 Å². The van der Waals surface area contributed by atoms with Crippen LogP contribution in [0, 0.1) is 11.8 Å². The van der Waals surface area contributed by atoms with Crippen LogP contribution in [-0.2, 0) is 0 Å². The van der Waals surface area contributed by atoms with Crippen molar-refractivity contribution in [1.29, 1.82) is 0 Å². The van der Waals surface area contributed by atoms with Gasteiger partial charge in [-0.3, -0.25) is 0 Å². The molecule has 72 valence electrons. The first-order chi connectivity index (χ1) is 5.68. The normalized spacial score (nSPS) is 22.0. The minimum atomic E-state index is -0.0342. The average molecular weight is 170 g/mol. The van der Waals surface area contributed by atoms with Crippen molar-refractivity contribution < 1.29 is 5.11 Å². The second-order valence-corrected chi connectivity index (χ2v) is 4.67. The molecule has 1 aliphatic rings. The molecule has 0 unspecified atom stereocenters. The van der Waals surface area contributed by atoms with E-state index in [2.05, 4.69) is 13.8 Å². The lowest BCUT2D eigenvalue weighted by Crippen LogP contribution is -2.14. The van der Waals surface area contributed by atoms with Crippen LogP contribution in [0.1, 0.15) is 52.4 Å². The molecule has 0 bridgehead atoms. The van der Waals surface area contributed by atoms with Gasteiger partial charge >= 0.3 is 0 Å². The Hall–Kier alpha value is -0.0400. The molecule has 0 radical (unpaired) electrons. The Labute approximate surface area is 76.2 Å². The smallest absolute Gasteiger partial charge is 0.0545 e. The molecule has 1 atom stereocenters. The summed E-state index contributed by atoms with van der Waals surface area (Å²) in [5.74, 6) is 1.47. The lowest BCUT2D eigenvalue weighted by molar-refractivity contribution is 0.120. The summed E-state index contributed by atoms with van der Waals surface area (Å²) in [6, 6.07) is 0. The van der Waals surface area contributed by atoms with Gasteiger partial charge in [-0.2, -0.15) is 0 Å². The molecule has 1 heteroatoms. The maximum Gasteiger partial charge on any atom is 0.0545 e. The second-order valence-electron chi connectivity index (χ2n) is 4.67. The predicted molar refractivity (Wildman–Crippen MR) is 52.0 cm³/mol. The Morgan fingerprint density at radius 3 is 2.33 bits per heavy atom. The van der Waals surface area contributed by atoms with Gasteiger partial charge in [0.1, 0.15) is 0 Å².